The molecule has 1 fully saturated rings. The number of nitrogens with one attached hydrogen (secondary N) is 2. The number of piperidine rings is 1. The number of rotatable bonds is 4. The number of carbonyl (C=O) groups excluding carboxylic acids is 3. The van der Waals surface area contributed by atoms with Crippen molar-refractivity contribution in [2.45, 2.75) is 32.7 Å². The zero-order valence-corrected chi connectivity index (χ0v) is 11.1. The highest BCUT2D eigenvalue weighted by molar-refractivity contribution is 6.04. The first-order chi connectivity index (χ1) is 9.08. The summed E-state index contributed by atoms with van der Waals surface area (Å²) >= 11 is 0. The summed E-state index contributed by atoms with van der Waals surface area (Å²) in [5.41, 5.74) is 0.463. The van der Waals surface area contributed by atoms with E-state index in [-0.39, 0.29) is 18.2 Å². The normalized spacial score (nSPS) is 20.9. The van der Waals surface area contributed by atoms with E-state index in [1.165, 1.54) is 0 Å². The minimum Gasteiger partial charge on any atom is -0.340 e. The molecule has 0 saturated carbocycles. The topological polar surface area (TPSA) is 75.3 Å². The van der Waals surface area contributed by atoms with E-state index < -0.39 is 11.9 Å². The number of allylic oxidation sites excluding steroid dienone is 4. The van der Waals surface area contributed by atoms with Crippen molar-refractivity contribution in [1.82, 2.24) is 10.6 Å². The number of hydrogen-bond donors (Lipinski definition) is 2. The minimum absolute atomic E-state index is 0.244. The monoisotopic (exact) mass is 262 g/mol. The van der Waals surface area contributed by atoms with Crippen molar-refractivity contribution in [3.8, 4) is 0 Å². The van der Waals surface area contributed by atoms with Crippen LogP contribution in [0.2, 0.25) is 0 Å². The van der Waals surface area contributed by atoms with Gasteiger partial charge in [0, 0.05) is 12.0 Å². The average Bonchev–Trinajstić information content (AvgIpc) is 2.37. The van der Waals surface area contributed by atoms with Crippen molar-refractivity contribution in [2.24, 2.45) is 0 Å². The van der Waals surface area contributed by atoms with Crippen molar-refractivity contribution < 1.29 is 14.4 Å². The molecule has 19 heavy (non-hydrogen) atoms. The molecule has 5 nitrogen and oxygen atoms in total. The molecule has 1 rings (SSSR count). The second-order valence-electron chi connectivity index (χ2n) is 4.12. The Labute approximate surface area is 112 Å². The summed E-state index contributed by atoms with van der Waals surface area (Å²) < 4.78 is 0. The molecule has 3 amide bonds. The van der Waals surface area contributed by atoms with Crippen LogP contribution in [-0.4, -0.2) is 23.8 Å². The number of amides is 3. The van der Waals surface area contributed by atoms with Gasteiger partial charge >= 0.3 is 0 Å². The van der Waals surface area contributed by atoms with Crippen LogP contribution in [-0.2, 0) is 14.4 Å². The van der Waals surface area contributed by atoms with Crippen molar-refractivity contribution in [3.63, 3.8) is 0 Å². The van der Waals surface area contributed by atoms with Crippen molar-refractivity contribution in [2.75, 3.05) is 0 Å². The standard InChI is InChI=1S/C14H18N2O3/c1-3-5-7-10(6-4-2)13(18)15-11-8-9-12(17)16-14(11)19/h3-7,11H,8-9H2,1-2H3,(H,15,18)(H,16,17,19)/b5-3-,6-4?,10-7+. The maximum atomic E-state index is 12.0. The molecule has 1 heterocycles. The Hall–Kier alpha value is -2.17. The highest BCUT2D eigenvalue weighted by atomic mass is 16.2. The molecule has 1 saturated heterocycles. The molecule has 0 aromatic rings. The fourth-order valence-corrected chi connectivity index (χ4v) is 1.66. The molecule has 0 radical (unpaired) electrons. The van der Waals surface area contributed by atoms with E-state index in [0.717, 1.165) is 0 Å². The van der Waals surface area contributed by atoms with Crippen LogP contribution in [0, 0.1) is 0 Å². The SMILES string of the molecule is CC=C/C(=C\C=C/C)C(=O)NC1CCC(=O)NC1=O. The van der Waals surface area contributed by atoms with Crippen LogP contribution < -0.4 is 10.6 Å². The van der Waals surface area contributed by atoms with E-state index in [4.69, 9.17) is 0 Å². The fraction of sp³-hybridized carbons (Fsp3) is 0.357. The lowest BCUT2D eigenvalue weighted by Crippen LogP contribution is -2.52. The number of hydrogen-bond acceptors (Lipinski definition) is 3. The fourth-order valence-electron chi connectivity index (χ4n) is 1.66. The lowest BCUT2D eigenvalue weighted by atomic mass is 10.1. The molecule has 0 aromatic carbocycles. The maximum absolute atomic E-state index is 12.0. The second kappa shape index (κ2) is 7.31. The van der Waals surface area contributed by atoms with Gasteiger partial charge in [0.15, 0.2) is 0 Å². The van der Waals surface area contributed by atoms with Crippen molar-refractivity contribution in [1.29, 1.82) is 0 Å². The lowest BCUT2D eigenvalue weighted by molar-refractivity contribution is -0.136. The quantitative estimate of drug-likeness (QED) is 0.450. The summed E-state index contributed by atoms with van der Waals surface area (Å²) in [6, 6.07) is -0.649. The third kappa shape index (κ3) is 4.54. The number of carbonyl (C=O) groups is 3. The predicted octanol–water partition coefficient (Wildman–Crippen LogP) is 0.986. The Morgan fingerprint density at radius 2 is 2.05 bits per heavy atom. The molecule has 1 atom stereocenters. The molecule has 0 aromatic heterocycles. The van der Waals surface area contributed by atoms with E-state index in [0.29, 0.717) is 12.0 Å². The molecular weight excluding hydrogens is 244 g/mol. The highest BCUT2D eigenvalue weighted by Crippen LogP contribution is 2.06. The Balaban J connectivity index is 2.71. The van der Waals surface area contributed by atoms with Gasteiger partial charge in [-0.3, -0.25) is 19.7 Å². The predicted molar refractivity (Wildman–Crippen MR) is 72.0 cm³/mol. The third-order valence-corrected chi connectivity index (χ3v) is 2.62. The average molecular weight is 262 g/mol. The van der Waals surface area contributed by atoms with Gasteiger partial charge in [0.05, 0.1) is 0 Å². The molecule has 0 spiro atoms. The van der Waals surface area contributed by atoms with Crippen molar-refractivity contribution >= 4 is 17.7 Å². The van der Waals surface area contributed by atoms with Crippen LogP contribution in [0.4, 0.5) is 0 Å². The molecule has 1 unspecified atom stereocenters. The van der Waals surface area contributed by atoms with E-state index in [1.807, 2.05) is 19.9 Å². The maximum Gasteiger partial charge on any atom is 0.251 e. The van der Waals surface area contributed by atoms with Gasteiger partial charge in [-0.2, -0.15) is 0 Å². The third-order valence-electron chi connectivity index (χ3n) is 2.62. The zero-order chi connectivity index (χ0) is 14.3. The molecular formula is C14H18N2O3. The molecule has 0 aliphatic carbocycles. The summed E-state index contributed by atoms with van der Waals surface area (Å²) in [4.78, 5) is 34.5. The van der Waals surface area contributed by atoms with Gasteiger partial charge in [0.25, 0.3) is 5.91 Å². The molecule has 1 aliphatic rings. The van der Waals surface area contributed by atoms with Gasteiger partial charge in [-0.1, -0.05) is 24.3 Å². The van der Waals surface area contributed by atoms with E-state index in [9.17, 15) is 14.4 Å². The van der Waals surface area contributed by atoms with Gasteiger partial charge in [-0.25, -0.2) is 0 Å². The van der Waals surface area contributed by atoms with Gasteiger partial charge in [-0.15, -0.1) is 0 Å². The van der Waals surface area contributed by atoms with Gasteiger partial charge in [0.1, 0.15) is 6.04 Å². The summed E-state index contributed by atoms with van der Waals surface area (Å²) in [6.45, 7) is 3.66. The summed E-state index contributed by atoms with van der Waals surface area (Å²) in [5, 5.41) is 4.83. The van der Waals surface area contributed by atoms with E-state index in [1.54, 1.807) is 24.3 Å². The summed E-state index contributed by atoms with van der Waals surface area (Å²) in [6.07, 6.45) is 9.22. The van der Waals surface area contributed by atoms with E-state index in [2.05, 4.69) is 10.6 Å². The molecule has 102 valence electrons. The summed E-state index contributed by atoms with van der Waals surface area (Å²) in [5.74, 6) is -1.07. The van der Waals surface area contributed by atoms with Gasteiger partial charge in [-0.05, 0) is 26.3 Å². The second-order valence-corrected chi connectivity index (χ2v) is 4.12. The largest absolute Gasteiger partial charge is 0.340 e. The Morgan fingerprint density at radius 1 is 1.32 bits per heavy atom. The minimum atomic E-state index is -0.649. The zero-order valence-electron chi connectivity index (χ0n) is 11.1. The van der Waals surface area contributed by atoms with Crippen LogP contribution in [0.25, 0.3) is 0 Å². The van der Waals surface area contributed by atoms with Crippen LogP contribution in [0.3, 0.4) is 0 Å². The summed E-state index contributed by atoms with van der Waals surface area (Å²) in [7, 11) is 0. The molecule has 2 N–H and O–H groups in total. The van der Waals surface area contributed by atoms with Crippen molar-refractivity contribution in [3.05, 3.63) is 36.0 Å². The van der Waals surface area contributed by atoms with E-state index >= 15 is 0 Å². The van der Waals surface area contributed by atoms with Crippen LogP contribution in [0.1, 0.15) is 26.7 Å². The Bertz CT molecular complexity index is 461. The Morgan fingerprint density at radius 3 is 2.63 bits per heavy atom. The van der Waals surface area contributed by atoms with Gasteiger partial charge < -0.3 is 5.32 Å². The van der Waals surface area contributed by atoms with Crippen LogP contribution >= 0.6 is 0 Å². The lowest BCUT2D eigenvalue weighted by Gasteiger charge is -2.21. The smallest absolute Gasteiger partial charge is 0.251 e. The molecule has 0 bridgehead atoms. The molecule has 1 aliphatic heterocycles. The first-order valence-corrected chi connectivity index (χ1v) is 6.18. The first-order valence-electron chi connectivity index (χ1n) is 6.18. The number of imide groups is 1. The first kappa shape index (κ1) is 14.9. The van der Waals surface area contributed by atoms with Gasteiger partial charge in [0.2, 0.25) is 11.8 Å². The molecule has 5 heteroatoms. The highest BCUT2D eigenvalue weighted by Gasteiger charge is 2.28. The Kier molecular flexibility index (Phi) is 5.73. The van der Waals surface area contributed by atoms with Crippen LogP contribution in [0.15, 0.2) is 36.0 Å². The van der Waals surface area contributed by atoms with Crippen LogP contribution in [0.5, 0.6) is 0 Å².